The lowest BCUT2D eigenvalue weighted by Gasteiger charge is -2.54. The van der Waals surface area contributed by atoms with Crippen LogP contribution in [-0.2, 0) is 14.3 Å². The molecule has 0 unspecified atom stereocenters. The molecular formula is C21H33N5O4. The molecule has 1 heterocycles. The third kappa shape index (κ3) is 5.55. The van der Waals surface area contributed by atoms with E-state index < -0.39 is 5.60 Å². The molecule has 1 saturated carbocycles. The van der Waals surface area contributed by atoms with Crippen LogP contribution in [0, 0.1) is 0 Å². The van der Waals surface area contributed by atoms with Gasteiger partial charge in [-0.1, -0.05) is 13.2 Å². The van der Waals surface area contributed by atoms with E-state index in [0.29, 0.717) is 24.5 Å². The molecule has 2 rings (SSSR count). The average molecular weight is 420 g/mol. The third-order valence-electron chi connectivity index (χ3n) is 5.07. The number of nitrogens with two attached hydrogens (primary N) is 1. The minimum Gasteiger partial charge on any atom is -0.483 e. The van der Waals surface area contributed by atoms with Gasteiger partial charge < -0.3 is 25.0 Å². The Bertz CT molecular complexity index is 781. The Morgan fingerprint density at radius 2 is 1.73 bits per heavy atom. The van der Waals surface area contributed by atoms with Crippen molar-refractivity contribution in [2.75, 3.05) is 20.2 Å². The number of amides is 1. The molecule has 1 aliphatic heterocycles. The molecule has 2 fully saturated rings. The number of ketones is 1. The van der Waals surface area contributed by atoms with Gasteiger partial charge in [-0.25, -0.2) is 4.79 Å². The Balaban J connectivity index is 1.99. The SMILES string of the molecule is C=C(/C=C(\N)OC)N/N=C(\C)C(=O)C(=C)N1CCN(C(=O)OC(C)(C)C)[C@H]2CC[C@@H]21. The Morgan fingerprint density at radius 3 is 2.27 bits per heavy atom. The number of carbonyl (C=O) groups excluding carboxylic acids is 2. The molecule has 2 aliphatic rings. The molecule has 3 N–H and O–H groups in total. The van der Waals surface area contributed by atoms with Crippen LogP contribution in [0.5, 0.6) is 0 Å². The fourth-order valence-corrected chi connectivity index (χ4v) is 3.43. The molecule has 0 spiro atoms. The van der Waals surface area contributed by atoms with Crippen molar-refractivity contribution in [1.29, 1.82) is 0 Å². The van der Waals surface area contributed by atoms with Crippen LogP contribution in [-0.4, -0.2) is 65.3 Å². The minimum absolute atomic E-state index is 0.0236. The highest BCUT2D eigenvalue weighted by molar-refractivity contribution is 6.44. The summed E-state index contributed by atoms with van der Waals surface area (Å²) in [5.41, 5.74) is 8.68. The lowest BCUT2D eigenvalue weighted by atomic mass is 9.81. The van der Waals surface area contributed by atoms with Crippen molar-refractivity contribution in [1.82, 2.24) is 15.2 Å². The van der Waals surface area contributed by atoms with E-state index in [9.17, 15) is 9.59 Å². The van der Waals surface area contributed by atoms with E-state index in [4.69, 9.17) is 15.2 Å². The smallest absolute Gasteiger partial charge is 0.410 e. The number of Topliss-reactive ketones (excluding diaryl/α,β-unsaturated/α-hetero) is 1. The zero-order valence-corrected chi connectivity index (χ0v) is 18.5. The summed E-state index contributed by atoms with van der Waals surface area (Å²) >= 11 is 0. The molecule has 30 heavy (non-hydrogen) atoms. The molecule has 1 aliphatic carbocycles. The predicted molar refractivity (Wildman–Crippen MR) is 115 cm³/mol. The first-order chi connectivity index (χ1) is 13.9. The molecule has 0 radical (unpaired) electrons. The van der Waals surface area contributed by atoms with Gasteiger partial charge in [0.2, 0.25) is 5.78 Å². The molecule has 0 aromatic heterocycles. The van der Waals surface area contributed by atoms with Gasteiger partial charge in [0.1, 0.15) is 11.3 Å². The molecule has 1 saturated heterocycles. The van der Waals surface area contributed by atoms with Crippen molar-refractivity contribution < 1.29 is 19.1 Å². The van der Waals surface area contributed by atoms with E-state index in [1.165, 1.54) is 13.2 Å². The number of allylic oxidation sites excluding steroid dienone is 2. The van der Waals surface area contributed by atoms with Gasteiger partial charge >= 0.3 is 6.09 Å². The van der Waals surface area contributed by atoms with Gasteiger partial charge in [-0.15, -0.1) is 0 Å². The van der Waals surface area contributed by atoms with Crippen molar-refractivity contribution in [3.63, 3.8) is 0 Å². The standard InChI is InChI=1S/C21H33N5O4/c1-13(12-18(22)29-7)23-24-14(2)19(27)15(3)25-10-11-26(17-9-8-16(17)25)20(28)30-21(4,5)6/h12,16-17,23H,1,3,8-11,22H2,2,4-7H3/b18-12+,24-14+/t16-,17-/m0/s1. The van der Waals surface area contributed by atoms with Gasteiger partial charge in [-0.05, 0) is 40.5 Å². The van der Waals surface area contributed by atoms with Crippen LogP contribution in [0.1, 0.15) is 40.5 Å². The number of nitrogens with one attached hydrogen (secondary N) is 1. The van der Waals surface area contributed by atoms with E-state index in [-0.39, 0.29) is 35.6 Å². The van der Waals surface area contributed by atoms with Gasteiger partial charge in [0.05, 0.1) is 24.5 Å². The second-order valence-corrected chi connectivity index (χ2v) is 8.44. The van der Waals surface area contributed by atoms with Crippen molar-refractivity contribution >= 4 is 17.6 Å². The number of rotatable bonds is 7. The van der Waals surface area contributed by atoms with Crippen LogP contribution >= 0.6 is 0 Å². The summed E-state index contributed by atoms with van der Waals surface area (Å²) in [5, 5.41) is 4.06. The number of hydrogen-bond acceptors (Lipinski definition) is 8. The van der Waals surface area contributed by atoms with Crippen molar-refractivity contribution in [2.45, 2.75) is 58.2 Å². The van der Waals surface area contributed by atoms with Crippen LogP contribution in [0.3, 0.4) is 0 Å². The first-order valence-electron chi connectivity index (χ1n) is 9.95. The first-order valence-corrected chi connectivity index (χ1v) is 9.95. The van der Waals surface area contributed by atoms with E-state index in [2.05, 4.69) is 23.7 Å². The van der Waals surface area contributed by atoms with E-state index in [1.807, 2.05) is 25.7 Å². The topological polar surface area (TPSA) is 109 Å². The number of ether oxygens (including phenoxy) is 2. The highest BCUT2D eigenvalue weighted by atomic mass is 16.6. The highest BCUT2D eigenvalue weighted by Crippen LogP contribution is 2.36. The lowest BCUT2D eigenvalue weighted by Crippen LogP contribution is -2.66. The number of carbonyl (C=O) groups is 2. The van der Waals surface area contributed by atoms with Gasteiger partial charge in [0, 0.05) is 25.2 Å². The number of fused-ring (bicyclic) bond motifs is 1. The summed E-state index contributed by atoms with van der Waals surface area (Å²) in [6.45, 7) is 15.9. The number of nitrogens with zero attached hydrogens (tertiary/aromatic N) is 3. The lowest BCUT2D eigenvalue weighted by molar-refractivity contribution is -0.113. The Morgan fingerprint density at radius 1 is 1.17 bits per heavy atom. The molecule has 0 aromatic carbocycles. The molecule has 166 valence electrons. The fraction of sp³-hybridized carbons (Fsp3) is 0.571. The molecular weight excluding hydrogens is 386 g/mol. The van der Waals surface area contributed by atoms with Gasteiger partial charge in [0.25, 0.3) is 0 Å². The maximum atomic E-state index is 12.8. The summed E-state index contributed by atoms with van der Waals surface area (Å²) in [5.74, 6) is -0.0923. The van der Waals surface area contributed by atoms with Gasteiger partial charge in [0.15, 0.2) is 5.88 Å². The number of piperazine rings is 1. The first kappa shape index (κ1) is 23.3. The number of hydrogen-bond donors (Lipinski definition) is 2. The minimum atomic E-state index is -0.541. The zero-order chi connectivity index (χ0) is 22.6. The second-order valence-electron chi connectivity index (χ2n) is 8.44. The fourth-order valence-electron chi connectivity index (χ4n) is 3.43. The highest BCUT2D eigenvalue weighted by Gasteiger charge is 2.47. The van der Waals surface area contributed by atoms with Gasteiger partial charge in [-0.3, -0.25) is 10.2 Å². The van der Waals surface area contributed by atoms with Crippen LogP contribution in [0.4, 0.5) is 4.79 Å². The summed E-state index contributed by atoms with van der Waals surface area (Å²) in [7, 11) is 1.44. The average Bonchev–Trinajstić information content (AvgIpc) is 2.63. The molecule has 9 nitrogen and oxygen atoms in total. The van der Waals surface area contributed by atoms with Crippen LogP contribution in [0.25, 0.3) is 0 Å². The summed E-state index contributed by atoms with van der Waals surface area (Å²) in [6, 6.07) is 0.0818. The maximum Gasteiger partial charge on any atom is 0.410 e. The maximum absolute atomic E-state index is 12.8. The van der Waals surface area contributed by atoms with E-state index >= 15 is 0 Å². The Kier molecular flexibility index (Phi) is 7.17. The summed E-state index contributed by atoms with van der Waals surface area (Å²) < 4.78 is 10.4. The van der Waals surface area contributed by atoms with E-state index in [1.54, 1.807) is 11.8 Å². The third-order valence-corrected chi connectivity index (χ3v) is 5.07. The van der Waals surface area contributed by atoms with Crippen molar-refractivity contribution in [2.24, 2.45) is 10.8 Å². The Labute approximate surface area is 178 Å². The monoisotopic (exact) mass is 419 g/mol. The van der Waals surface area contributed by atoms with Crippen LogP contribution < -0.4 is 11.2 Å². The van der Waals surface area contributed by atoms with E-state index in [0.717, 1.165) is 12.8 Å². The Hall–Kier alpha value is -2.97. The number of methoxy groups -OCH3 is 1. The largest absolute Gasteiger partial charge is 0.483 e. The molecule has 0 bridgehead atoms. The second kappa shape index (κ2) is 9.23. The molecule has 0 aromatic rings. The van der Waals surface area contributed by atoms with Crippen LogP contribution in [0.2, 0.25) is 0 Å². The van der Waals surface area contributed by atoms with Crippen LogP contribution in [0.15, 0.2) is 41.6 Å². The molecule has 1 amide bonds. The quantitative estimate of drug-likeness (QED) is 0.214. The summed E-state index contributed by atoms with van der Waals surface area (Å²) in [6.07, 6.45) is 2.93. The van der Waals surface area contributed by atoms with Gasteiger partial charge in [-0.2, -0.15) is 5.10 Å². The molecule has 2 atom stereocenters. The molecule has 9 heteroatoms. The number of hydrazone groups is 1. The normalized spacial score (nSPS) is 21.9. The van der Waals surface area contributed by atoms with Crippen molar-refractivity contribution in [3.8, 4) is 0 Å². The summed E-state index contributed by atoms with van der Waals surface area (Å²) in [4.78, 5) is 29.1. The van der Waals surface area contributed by atoms with Crippen molar-refractivity contribution in [3.05, 3.63) is 36.5 Å². The zero-order valence-electron chi connectivity index (χ0n) is 18.5. The predicted octanol–water partition coefficient (Wildman–Crippen LogP) is 2.08.